The molecule has 0 radical (unpaired) electrons. The highest BCUT2D eigenvalue weighted by molar-refractivity contribution is 7.91. The van der Waals surface area contributed by atoms with E-state index in [1.54, 1.807) is 6.92 Å². The summed E-state index contributed by atoms with van der Waals surface area (Å²) in [7, 11) is -7.65. The van der Waals surface area contributed by atoms with Crippen LogP contribution in [0.3, 0.4) is 0 Å². The molecular weight excluding hydrogens is 330 g/mol. The molecule has 0 unspecified atom stereocenters. The summed E-state index contributed by atoms with van der Waals surface area (Å²) < 4.78 is 49.3. The number of carboxylic acid groups (broad SMARTS) is 1. The van der Waals surface area contributed by atoms with Crippen LogP contribution in [0.25, 0.3) is 0 Å². The molecular formula is C13H19NO6S2. The molecule has 9 heteroatoms. The van der Waals surface area contributed by atoms with Crippen LogP contribution in [-0.4, -0.2) is 51.6 Å². The molecule has 0 amide bonds. The molecule has 1 aromatic rings. The summed E-state index contributed by atoms with van der Waals surface area (Å²) in [5.74, 6) is -1.27. The lowest BCUT2D eigenvalue weighted by atomic mass is 10.2. The minimum atomic E-state index is -4.08. The van der Waals surface area contributed by atoms with Crippen molar-refractivity contribution < 1.29 is 26.7 Å². The number of hydrogen-bond acceptors (Lipinski definition) is 5. The summed E-state index contributed by atoms with van der Waals surface area (Å²) in [6, 6.07) is 3.80. The van der Waals surface area contributed by atoms with Gasteiger partial charge in [0.25, 0.3) is 0 Å². The molecule has 0 aromatic heterocycles. The van der Waals surface area contributed by atoms with Crippen LogP contribution < -0.4 is 0 Å². The van der Waals surface area contributed by atoms with Gasteiger partial charge in [-0.2, -0.15) is 4.31 Å². The summed E-state index contributed by atoms with van der Waals surface area (Å²) in [5, 5.41) is 8.87. The number of benzene rings is 1. The molecule has 1 rings (SSSR count). The Balaban J connectivity index is 3.46. The standard InChI is InChI=1S/C13H19NO6S2/c1-4-7-14(9-13(15)16)22(19,20)12-8-11(21(3,17)18)6-5-10(12)2/h5-6,8H,4,7,9H2,1-3H3,(H,15,16). The number of aliphatic carboxylic acids is 1. The van der Waals surface area contributed by atoms with E-state index in [2.05, 4.69) is 0 Å². The van der Waals surface area contributed by atoms with Crippen molar-refractivity contribution in [1.82, 2.24) is 4.31 Å². The highest BCUT2D eigenvalue weighted by atomic mass is 32.2. The summed E-state index contributed by atoms with van der Waals surface area (Å²) >= 11 is 0. The first-order chi connectivity index (χ1) is 10.00. The van der Waals surface area contributed by atoms with Gasteiger partial charge in [0.15, 0.2) is 9.84 Å². The zero-order valence-corrected chi connectivity index (χ0v) is 14.2. The van der Waals surface area contributed by atoms with Crippen molar-refractivity contribution in [3.63, 3.8) is 0 Å². The van der Waals surface area contributed by atoms with Crippen molar-refractivity contribution in [2.45, 2.75) is 30.1 Å². The Hall–Kier alpha value is -1.45. The van der Waals surface area contributed by atoms with E-state index in [1.807, 2.05) is 0 Å². The van der Waals surface area contributed by atoms with E-state index in [-0.39, 0.29) is 16.3 Å². The normalized spacial score (nSPS) is 12.5. The highest BCUT2D eigenvalue weighted by Gasteiger charge is 2.28. The van der Waals surface area contributed by atoms with Gasteiger partial charge in [-0.1, -0.05) is 13.0 Å². The smallest absolute Gasteiger partial charge is 0.318 e. The quantitative estimate of drug-likeness (QED) is 0.783. The average molecular weight is 349 g/mol. The number of carboxylic acids is 1. The second kappa shape index (κ2) is 6.76. The molecule has 7 nitrogen and oxygen atoms in total. The minimum absolute atomic E-state index is 0.0389. The fraction of sp³-hybridized carbons (Fsp3) is 0.462. The zero-order chi connectivity index (χ0) is 17.1. The average Bonchev–Trinajstić information content (AvgIpc) is 2.36. The Labute approximate surface area is 130 Å². The van der Waals surface area contributed by atoms with E-state index in [1.165, 1.54) is 19.1 Å². The van der Waals surface area contributed by atoms with E-state index in [0.717, 1.165) is 16.6 Å². The molecule has 0 atom stereocenters. The van der Waals surface area contributed by atoms with E-state index in [4.69, 9.17) is 5.11 Å². The summed E-state index contributed by atoms with van der Waals surface area (Å²) in [6.45, 7) is 2.63. The number of hydrogen-bond donors (Lipinski definition) is 1. The summed E-state index contributed by atoms with van der Waals surface area (Å²) in [4.78, 5) is 10.6. The first-order valence-corrected chi connectivity index (χ1v) is 9.86. The predicted molar refractivity (Wildman–Crippen MR) is 81.0 cm³/mol. The van der Waals surface area contributed by atoms with Crippen LogP contribution in [0.5, 0.6) is 0 Å². The van der Waals surface area contributed by atoms with Crippen LogP contribution in [-0.2, 0) is 24.7 Å². The van der Waals surface area contributed by atoms with Gasteiger partial charge in [0, 0.05) is 12.8 Å². The molecule has 1 aromatic carbocycles. The van der Waals surface area contributed by atoms with Crippen LogP contribution in [0.2, 0.25) is 0 Å². The number of carbonyl (C=O) groups is 1. The van der Waals surface area contributed by atoms with Gasteiger partial charge in [-0.3, -0.25) is 4.79 Å². The summed E-state index contributed by atoms with van der Waals surface area (Å²) in [6.07, 6.45) is 1.42. The third kappa shape index (κ3) is 4.28. The van der Waals surface area contributed by atoms with Crippen LogP contribution in [0, 0.1) is 6.92 Å². The third-order valence-electron chi connectivity index (χ3n) is 2.99. The lowest BCUT2D eigenvalue weighted by molar-refractivity contribution is -0.137. The molecule has 0 saturated carbocycles. The van der Waals surface area contributed by atoms with Gasteiger partial charge in [0.05, 0.1) is 9.79 Å². The fourth-order valence-electron chi connectivity index (χ4n) is 1.91. The van der Waals surface area contributed by atoms with Crippen molar-refractivity contribution >= 4 is 25.8 Å². The van der Waals surface area contributed by atoms with Gasteiger partial charge >= 0.3 is 5.97 Å². The van der Waals surface area contributed by atoms with Gasteiger partial charge in [-0.05, 0) is 31.0 Å². The first-order valence-electron chi connectivity index (χ1n) is 6.52. The van der Waals surface area contributed by atoms with E-state index in [9.17, 15) is 21.6 Å². The number of nitrogens with zero attached hydrogens (tertiary/aromatic N) is 1. The van der Waals surface area contributed by atoms with E-state index >= 15 is 0 Å². The Morgan fingerprint density at radius 1 is 1.23 bits per heavy atom. The number of sulfone groups is 1. The summed E-state index contributed by atoms with van der Waals surface area (Å²) in [5.41, 5.74) is 0.360. The molecule has 0 bridgehead atoms. The Bertz CT molecular complexity index is 768. The molecule has 1 N–H and O–H groups in total. The maximum atomic E-state index is 12.6. The molecule has 0 aliphatic rings. The SMILES string of the molecule is CCCN(CC(=O)O)S(=O)(=O)c1cc(S(C)(=O)=O)ccc1C. The van der Waals surface area contributed by atoms with Crippen molar-refractivity contribution in [3.05, 3.63) is 23.8 Å². The van der Waals surface area contributed by atoms with E-state index in [0.29, 0.717) is 12.0 Å². The minimum Gasteiger partial charge on any atom is -0.480 e. The molecule has 124 valence electrons. The topological polar surface area (TPSA) is 109 Å². The zero-order valence-electron chi connectivity index (χ0n) is 12.6. The Kier molecular flexibility index (Phi) is 5.71. The maximum Gasteiger partial charge on any atom is 0.318 e. The number of aryl methyl sites for hydroxylation is 1. The predicted octanol–water partition coefficient (Wildman–Crippen LogP) is 0.884. The second-order valence-electron chi connectivity index (χ2n) is 4.93. The van der Waals surface area contributed by atoms with Crippen LogP contribution in [0.4, 0.5) is 0 Å². The highest BCUT2D eigenvalue weighted by Crippen LogP contribution is 2.23. The van der Waals surface area contributed by atoms with Crippen molar-refractivity contribution in [2.24, 2.45) is 0 Å². The van der Waals surface area contributed by atoms with Gasteiger partial charge in [-0.25, -0.2) is 16.8 Å². The Morgan fingerprint density at radius 2 is 1.82 bits per heavy atom. The van der Waals surface area contributed by atoms with E-state index < -0.39 is 32.4 Å². The monoisotopic (exact) mass is 349 g/mol. The second-order valence-corrected chi connectivity index (χ2v) is 8.85. The molecule has 0 aliphatic carbocycles. The molecule has 22 heavy (non-hydrogen) atoms. The number of sulfonamides is 1. The van der Waals surface area contributed by atoms with Crippen LogP contribution in [0.15, 0.2) is 28.0 Å². The number of rotatable bonds is 7. The fourth-order valence-corrected chi connectivity index (χ4v) is 4.37. The molecule has 0 fully saturated rings. The largest absolute Gasteiger partial charge is 0.480 e. The lowest BCUT2D eigenvalue weighted by Gasteiger charge is -2.21. The maximum absolute atomic E-state index is 12.6. The van der Waals surface area contributed by atoms with Gasteiger partial charge in [0.1, 0.15) is 6.54 Å². The van der Waals surface area contributed by atoms with Gasteiger partial charge in [0.2, 0.25) is 10.0 Å². The van der Waals surface area contributed by atoms with Crippen molar-refractivity contribution in [2.75, 3.05) is 19.3 Å². The Morgan fingerprint density at radius 3 is 2.27 bits per heavy atom. The molecule has 0 heterocycles. The molecule has 0 spiro atoms. The van der Waals surface area contributed by atoms with Gasteiger partial charge in [-0.15, -0.1) is 0 Å². The van der Waals surface area contributed by atoms with Crippen molar-refractivity contribution in [1.29, 1.82) is 0 Å². The third-order valence-corrected chi connectivity index (χ3v) is 6.09. The molecule has 0 saturated heterocycles. The van der Waals surface area contributed by atoms with Gasteiger partial charge < -0.3 is 5.11 Å². The van der Waals surface area contributed by atoms with Crippen molar-refractivity contribution in [3.8, 4) is 0 Å². The first kappa shape index (κ1) is 18.6. The van der Waals surface area contributed by atoms with Crippen LogP contribution >= 0.6 is 0 Å². The van der Waals surface area contributed by atoms with Crippen LogP contribution in [0.1, 0.15) is 18.9 Å². The molecule has 0 aliphatic heterocycles. The lowest BCUT2D eigenvalue weighted by Crippen LogP contribution is -2.36.